The molecule has 0 aliphatic carbocycles. The lowest BCUT2D eigenvalue weighted by Crippen LogP contribution is -2.53. The fraction of sp³-hybridized carbons (Fsp3) is 0.458. The SMILES string of the molecule is COc1ccc(C)cc1S(=O)(=O)N1CCC[C@@H](C(=O)N2CCN(c3cccc(Cl)c3)CC2)C1. The number of piperidine rings is 1. The molecule has 2 fully saturated rings. The number of piperazine rings is 1. The van der Waals surface area contributed by atoms with Crippen molar-refractivity contribution in [2.45, 2.75) is 24.7 Å². The van der Waals surface area contributed by atoms with Crippen LogP contribution in [0.3, 0.4) is 0 Å². The Morgan fingerprint density at radius 2 is 1.82 bits per heavy atom. The number of benzene rings is 2. The number of ether oxygens (including phenoxy) is 1. The highest BCUT2D eigenvalue weighted by Gasteiger charge is 2.37. The van der Waals surface area contributed by atoms with Crippen LogP contribution in [-0.2, 0) is 14.8 Å². The van der Waals surface area contributed by atoms with Crippen LogP contribution in [0.15, 0.2) is 47.4 Å². The standard InChI is InChI=1S/C24H30ClN3O4S/c1-18-8-9-22(32-2)23(15-18)33(30,31)28-10-4-5-19(17-28)24(29)27-13-11-26(12-14-27)21-7-3-6-20(25)16-21/h3,6-9,15-16,19H,4-5,10-14,17H2,1-2H3/t19-/m1/s1. The van der Waals surface area contributed by atoms with Gasteiger partial charge in [-0.1, -0.05) is 23.7 Å². The molecule has 4 rings (SSSR count). The van der Waals surface area contributed by atoms with Gasteiger partial charge in [-0.05, 0) is 55.7 Å². The second-order valence-corrected chi connectivity index (χ2v) is 11.0. The van der Waals surface area contributed by atoms with E-state index in [1.54, 1.807) is 12.1 Å². The summed E-state index contributed by atoms with van der Waals surface area (Å²) in [4.78, 5) is 17.5. The maximum atomic E-state index is 13.4. The molecule has 7 nitrogen and oxygen atoms in total. The Balaban J connectivity index is 1.42. The average molecular weight is 492 g/mol. The number of anilines is 1. The van der Waals surface area contributed by atoms with E-state index in [-0.39, 0.29) is 23.3 Å². The molecular formula is C24H30ClN3O4S. The second-order valence-electron chi connectivity index (χ2n) is 8.65. The van der Waals surface area contributed by atoms with Crippen molar-refractivity contribution in [2.75, 3.05) is 51.3 Å². The van der Waals surface area contributed by atoms with Gasteiger partial charge in [-0.2, -0.15) is 4.31 Å². The van der Waals surface area contributed by atoms with E-state index in [9.17, 15) is 13.2 Å². The van der Waals surface area contributed by atoms with Crippen molar-refractivity contribution in [3.8, 4) is 5.75 Å². The van der Waals surface area contributed by atoms with Crippen molar-refractivity contribution in [1.29, 1.82) is 0 Å². The molecule has 0 unspecified atom stereocenters. The van der Waals surface area contributed by atoms with Gasteiger partial charge >= 0.3 is 0 Å². The first-order chi connectivity index (χ1) is 15.8. The highest BCUT2D eigenvalue weighted by molar-refractivity contribution is 7.89. The van der Waals surface area contributed by atoms with Crippen molar-refractivity contribution in [3.05, 3.63) is 53.1 Å². The zero-order chi connectivity index (χ0) is 23.6. The molecule has 0 spiro atoms. The number of rotatable bonds is 5. The number of halogens is 1. The first-order valence-electron chi connectivity index (χ1n) is 11.2. The predicted octanol–water partition coefficient (Wildman–Crippen LogP) is 3.41. The molecule has 1 amide bonds. The Kier molecular flexibility index (Phi) is 7.16. The van der Waals surface area contributed by atoms with Gasteiger partial charge in [-0.25, -0.2) is 8.42 Å². The van der Waals surface area contributed by atoms with Crippen LogP contribution in [0.2, 0.25) is 5.02 Å². The van der Waals surface area contributed by atoms with Crippen LogP contribution in [-0.4, -0.2) is 69.9 Å². The lowest BCUT2D eigenvalue weighted by molar-refractivity contribution is -0.137. The average Bonchev–Trinajstić information content (AvgIpc) is 2.83. The summed E-state index contributed by atoms with van der Waals surface area (Å²) in [6.07, 6.45) is 1.36. The molecule has 2 aromatic carbocycles. The fourth-order valence-electron chi connectivity index (χ4n) is 4.60. The number of aryl methyl sites for hydroxylation is 1. The van der Waals surface area contributed by atoms with Crippen LogP contribution in [0.25, 0.3) is 0 Å². The summed E-state index contributed by atoms with van der Waals surface area (Å²) < 4.78 is 33.5. The quantitative estimate of drug-likeness (QED) is 0.641. The summed E-state index contributed by atoms with van der Waals surface area (Å²) in [5.41, 5.74) is 1.90. The molecular weight excluding hydrogens is 462 g/mol. The lowest BCUT2D eigenvalue weighted by Gasteiger charge is -2.39. The van der Waals surface area contributed by atoms with E-state index in [1.807, 2.05) is 42.2 Å². The summed E-state index contributed by atoms with van der Waals surface area (Å²) in [5, 5.41) is 0.694. The van der Waals surface area contributed by atoms with Gasteiger partial charge in [0.15, 0.2) is 0 Å². The van der Waals surface area contributed by atoms with Crippen molar-refractivity contribution in [2.24, 2.45) is 5.92 Å². The molecule has 2 saturated heterocycles. The maximum Gasteiger partial charge on any atom is 0.246 e. The molecule has 2 aliphatic heterocycles. The molecule has 0 radical (unpaired) electrons. The smallest absolute Gasteiger partial charge is 0.246 e. The second kappa shape index (κ2) is 9.91. The number of hydrogen-bond acceptors (Lipinski definition) is 5. The van der Waals surface area contributed by atoms with Gasteiger partial charge in [0.2, 0.25) is 15.9 Å². The Morgan fingerprint density at radius 3 is 2.52 bits per heavy atom. The molecule has 0 saturated carbocycles. The van der Waals surface area contributed by atoms with Gasteiger partial charge in [0.25, 0.3) is 0 Å². The molecule has 0 bridgehead atoms. The van der Waals surface area contributed by atoms with E-state index in [0.29, 0.717) is 43.2 Å². The van der Waals surface area contributed by atoms with Crippen molar-refractivity contribution < 1.29 is 17.9 Å². The topological polar surface area (TPSA) is 70.2 Å². The normalized spacial score (nSPS) is 20.0. The molecule has 2 heterocycles. The molecule has 2 aliphatic rings. The number of nitrogens with zero attached hydrogens (tertiary/aromatic N) is 3. The van der Waals surface area contributed by atoms with E-state index in [1.165, 1.54) is 11.4 Å². The fourth-order valence-corrected chi connectivity index (χ4v) is 6.55. The van der Waals surface area contributed by atoms with E-state index in [2.05, 4.69) is 4.90 Å². The molecule has 9 heteroatoms. The Labute approximate surface area is 200 Å². The molecule has 1 atom stereocenters. The zero-order valence-electron chi connectivity index (χ0n) is 19.0. The number of carbonyl (C=O) groups is 1. The summed E-state index contributed by atoms with van der Waals surface area (Å²) in [6.45, 7) is 5.13. The number of methoxy groups -OCH3 is 1. The van der Waals surface area contributed by atoms with Gasteiger partial charge in [0.1, 0.15) is 10.6 Å². The highest BCUT2D eigenvalue weighted by Crippen LogP contribution is 2.31. The Hall–Kier alpha value is -2.29. The van der Waals surface area contributed by atoms with Crippen molar-refractivity contribution in [3.63, 3.8) is 0 Å². The molecule has 2 aromatic rings. The van der Waals surface area contributed by atoms with Gasteiger partial charge in [0.05, 0.1) is 13.0 Å². The number of carbonyl (C=O) groups excluding carboxylic acids is 1. The van der Waals surface area contributed by atoms with Gasteiger partial charge in [0, 0.05) is 50.0 Å². The monoisotopic (exact) mass is 491 g/mol. The van der Waals surface area contributed by atoms with Gasteiger partial charge in [-0.3, -0.25) is 4.79 Å². The minimum absolute atomic E-state index is 0.0388. The molecule has 0 aromatic heterocycles. The first kappa shape index (κ1) is 23.9. The van der Waals surface area contributed by atoms with Crippen LogP contribution in [0, 0.1) is 12.8 Å². The predicted molar refractivity (Wildman–Crippen MR) is 129 cm³/mol. The first-order valence-corrected chi connectivity index (χ1v) is 13.1. The summed E-state index contributed by atoms with van der Waals surface area (Å²) in [7, 11) is -2.29. The number of sulfonamides is 1. The van der Waals surface area contributed by atoms with Crippen LogP contribution < -0.4 is 9.64 Å². The molecule has 178 valence electrons. The number of amides is 1. The van der Waals surface area contributed by atoms with Crippen molar-refractivity contribution in [1.82, 2.24) is 9.21 Å². The van der Waals surface area contributed by atoms with Gasteiger partial charge in [-0.15, -0.1) is 0 Å². The summed E-state index contributed by atoms with van der Waals surface area (Å²) >= 11 is 6.11. The summed E-state index contributed by atoms with van der Waals surface area (Å²) in [5.74, 6) is 0.0325. The largest absolute Gasteiger partial charge is 0.495 e. The third kappa shape index (κ3) is 5.13. The third-order valence-corrected chi connectivity index (χ3v) is 8.56. The summed E-state index contributed by atoms with van der Waals surface area (Å²) in [6, 6.07) is 12.9. The Bertz CT molecular complexity index is 1120. The van der Waals surface area contributed by atoms with Crippen LogP contribution >= 0.6 is 11.6 Å². The highest BCUT2D eigenvalue weighted by atomic mass is 35.5. The Morgan fingerprint density at radius 1 is 1.06 bits per heavy atom. The zero-order valence-corrected chi connectivity index (χ0v) is 20.6. The minimum atomic E-state index is -3.76. The van der Waals surface area contributed by atoms with E-state index >= 15 is 0 Å². The van der Waals surface area contributed by atoms with E-state index < -0.39 is 10.0 Å². The van der Waals surface area contributed by atoms with E-state index in [4.69, 9.17) is 16.3 Å². The minimum Gasteiger partial charge on any atom is -0.495 e. The van der Waals surface area contributed by atoms with E-state index in [0.717, 1.165) is 24.3 Å². The number of hydrogen-bond donors (Lipinski definition) is 0. The van der Waals surface area contributed by atoms with Crippen LogP contribution in [0.1, 0.15) is 18.4 Å². The van der Waals surface area contributed by atoms with Gasteiger partial charge < -0.3 is 14.5 Å². The lowest BCUT2D eigenvalue weighted by atomic mass is 9.97. The van der Waals surface area contributed by atoms with Crippen LogP contribution in [0.5, 0.6) is 5.75 Å². The third-order valence-electron chi connectivity index (χ3n) is 6.44. The molecule has 33 heavy (non-hydrogen) atoms. The molecule has 0 N–H and O–H groups in total. The van der Waals surface area contributed by atoms with Crippen LogP contribution in [0.4, 0.5) is 5.69 Å². The van der Waals surface area contributed by atoms with Crippen molar-refractivity contribution >= 4 is 33.2 Å². The maximum absolute atomic E-state index is 13.4.